The average molecular weight is 270 g/mol. The fourth-order valence-corrected chi connectivity index (χ4v) is 1.96. The van der Waals surface area contributed by atoms with E-state index in [0.717, 1.165) is 6.42 Å². The van der Waals surface area contributed by atoms with Gasteiger partial charge in [-0.25, -0.2) is 0 Å². The molecule has 0 radical (unpaired) electrons. The topological polar surface area (TPSA) is 66.9 Å². The SMILES string of the molecule is CCOC(=O)CN(CC(=O)N1CCCC1=O)C(C)C. The van der Waals surface area contributed by atoms with E-state index in [1.54, 1.807) is 11.8 Å². The van der Waals surface area contributed by atoms with Gasteiger partial charge in [0.25, 0.3) is 0 Å². The molecule has 0 aromatic heterocycles. The van der Waals surface area contributed by atoms with E-state index in [1.807, 2.05) is 13.8 Å². The summed E-state index contributed by atoms with van der Waals surface area (Å²) in [6, 6.07) is 0.0334. The van der Waals surface area contributed by atoms with Crippen LogP contribution >= 0.6 is 0 Å². The second-order valence-corrected chi connectivity index (χ2v) is 4.85. The number of carbonyl (C=O) groups excluding carboxylic acids is 3. The molecule has 1 fully saturated rings. The van der Waals surface area contributed by atoms with Crippen LogP contribution in [0.3, 0.4) is 0 Å². The summed E-state index contributed by atoms with van der Waals surface area (Å²) in [7, 11) is 0. The van der Waals surface area contributed by atoms with Gasteiger partial charge in [-0.15, -0.1) is 0 Å². The molecule has 0 aromatic carbocycles. The number of esters is 1. The van der Waals surface area contributed by atoms with Crippen molar-refractivity contribution < 1.29 is 19.1 Å². The van der Waals surface area contributed by atoms with E-state index in [1.165, 1.54) is 4.90 Å². The minimum atomic E-state index is -0.350. The zero-order chi connectivity index (χ0) is 14.4. The highest BCUT2D eigenvalue weighted by Crippen LogP contribution is 2.11. The number of rotatable bonds is 6. The fraction of sp³-hybridized carbons (Fsp3) is 0.769. The molecule has 1 saturated heterocycles. The largest absolute Gasteiger partial charge is 0.465 e. The van der Waals surface area contributed by atoms with Crippen molar-refractivity contribution in [2.24, 2.45) is 0 Å². The lowest BCUT2D eigenvalue weighted by Gasteiger charge is -2.26. The summed E-state index contributed by atoms with van der Waals surface area (Å²) in [5, 5.41) is 0. The molecule has 1 rings (SSSR count). The molecule has 1 aliphatic heterocycles. The number of likely N-dealkylation sites (tertiary alicyclic amines) is 1. The molecule has 1 aliphatic rings. The molecular formula is C13H22N2O4. The number of carbonyl (C=O) groups is 3. The van der Waals surface area contributed by atoms with Crippen molar-refractivity contribution in [1.82, 2.24) is 9.80 Å². The maximum absolute atomic E-state index is 12.0. The van der Waals surface area contributed by atoms with Gasteiger partial charge in [0.1, 0.15) is 0 Å². The predicted molar refractivity (Wildman–Crippen MR) is 69.3 cm³/mol. The van der Waals surface area contributed by atoms with E-state index in [9.17, 15) is 14.4 Å². The molecule has 0 unspecified atom stereocenters. The van der Waals surface area contributed by atoms with Gasteiger partial charge in [0, 0.05) is 19.0 Å². The lowest BCUT2D eigenvalue weighted by atomic mass is 10.3. The Morgan fingerprint density at radius 2 is 2.05 bits per heavy atom. The molecule has 0 spiro atoms. The Labute approximate surface area is 113 Å². The summed E-state index contributed by atoms with van der Waals surface area (Å²) in [4.78, 5) is 38.0. The molecule has 0 bridgehead atoms. The Kier molecular flexibility index (Phi) is 5.95. The monoisotopic (exact) mass is 270 g/mol. The van der Waals surface area contributed by atoms with Crippen LogP contribution in [0.5, 0.6) is 0 Å². The molecule has 1 heterocycles. The number of hydrogen-bond donors (Lipinski definition) is 0. The molecule has 2 amide bonds. The third-order valence-electron chi connectivity index (χ3n) is 3.08. The molecule has 0 N–H and O–H groups in total. The Bertz CT molecular complexity index is 355. The first-order valence-corrected chi connectivity index (χ1v) is 6.68. The minimum absolute atomic E-state index is 0.0334. The highest BCUT2D eigenvalue weighted by Gasteiger charge is 2.28. The number of ether oxygens (including phenoxy) is 1. The van der Waals surface area contributed by atoms with Gasteiger partial charge in [0.15, 0.2) is 0 Å². The summed E-state index contributed by atoms with van der Waals surface area (Å²) in [5.41, 5.74) is 0. The van der Waals surface area contributed by atoms with Gasteiger partial charge < -0.3 is 4.74 Å². The van der Waals surface area contributed by atoms with Crippen molar-refractivity contribution in [1.29, 1.82) is 0 Å². The van der Waals surface area contributed by atoms with Gasteiger partial charge in [-0.1, -0.05) is 0 Å². The normalized spacial score (nSPS) is 15.4. The molecule has 0 aromatic rings. The summed E-state index contributed by atoms with van der Waals surface area (Å²) < 4.78 is 4.88. The van der Waals surface area contributed by atoms with Crippen LogP contribution in [0.1, 0.15) is 33.6 Å². The number of amides is 2. The zero-order valence-corrected chi connectivity index (χ0v) is 11.8. The predicted octanol–water partition coefficient (Wildman–Crippen LogP) is 0.409. The van der Waals surface area contributed by atoms with Crippen LogP contribution in [0.4, 0.5) is 0 Å². The Morgan fingerprint density at radius 1 is 1.37 bits per heavy atom. The lowest BCUT2D eigenvalue weighted by molar-refractivity contribution is -0.146. The van der Waals surface area contributed by atoms with Crippen molar-refractivity contribution in [3.63, 3.8) is 0 Å². The summed E-state index contributed by atoms with van der Waals surface area (Å²) in [6.07, 6.45) is 1.16. The van der Waals surface area contributed by atoms with Gasteiger partial charge in [0.05, 0.1) is 19.7 Å². The third-order valence-corrected chi connectivity index (χ3v) is 3.08. The van der Waals surface area contributed by atoms with Crippen molar-refractivity contribution in [2.45, 2.75) is 39.7 Å². The standard InChI is InChI=1S/C13H22N2O4/c1-4-19-13(18)9-14(10(2)3)8-12(17)15-7-5-6-11(15)16/h10H,4-9H2,1-3H3. The molecule has 108 valence electrons. The van der Waals surface area contributed by atoms with Crippen molar-refractivity contribution >= 4 is 17.8 Å². The third kappa shape index (κ3) is 4.63. The second-order valence-electron chi connectivity index (χ2n) is 4.85. The van der Waals surface area contributed by atoms with E-state index >= 15 is 0 Å². The van der Waals surface area contributed by atoms with Gasteiger partial charge in [-0.2, -0.15) is 0 Å². The Balaban J connectivity index is 2.55. The smallest absolute Gasteiger partial charge is 0.320 e. The van der Waals surface area contributed by atoms with Crippen molar-refractivity contribution in [3.8, 4) is 0 Å². The van der Waals surface area contributed by atoms with Gasteiger partial charge >= 0.3 is 5.97 Å². The van der Waals surface area contributed by atoms with Crippen LogP contribution in [0, 0.1) is 0 Å². The first-order valence-electron chi connectivity index (χ1n) is 6.68. The summed E-state index contributed by atoms with van der Waals surface area (Å²) in [6.45, 7) is 6.50. The molecule has 0 atom stereocenters. The number of imide groups is 1. The highest BCUT2D eigenvalue weighted by atomic mass is 16.5. The number of nitrogens with zero attached hydrogens (tertiary/aromatic N) is 2. The van der Waals surface area contributed by atoms with E-state index in [-0.39, 0.29) is 36.9 Å². The number of hydrogen-bond acceptors (Lipinski definition) is 5. The summed E-state index contributed by atoms with van der Waals surface area (Å²) in [5.74, 6) is -0.706. The Morgan fingerprint density at radius 3 is 2.53 bits per heavy atom. The summed E-state index contributed by atoms with van der Waals surface area (Å²) >= 11 is 0. The van der Waals surface area contributed by atoms with Crippen LogP contribution in [-0.4, -0.2) is 59.9 Å². The average Bonchev–Trinajstić information content (AvgIpc) is 2.74. The van der Waals surface area contributed by atoms with Gasteiger partial charge in [-0.05, 0) is 27.2 Å². The Hall–Kier alpha value is -1.43. The molecule has 0 aliphatic carbocycles. The molecule has 0 saturated carbocycles. The zero-order valence-electron chi connectivity index (χ0n) is 11.8. The van der Waals surface area contributed by atoms with E-state index in [0.29, 0.717) is 19.6 Å². The van der Waals surface area contributed by atoms with Crippen LogP contribution in [0.2, 0.25) is 0 Å². The maximum atomic E-state index is 12.0. The van der Waals surface area contributed by atoms with Crippen LogP contribution in [-0.2, 0) is 19.1 Å². The van der Waals surface area contributed by atoms with E-state index in [4.69, 9.17) is 4.74 Å². The first kappa shape index (κ1) is 15.6. The van der Waals surface area contributed by atoms with E-state index in [2.05, 4.69) is 0 Å². The van der Waals surface area contributed by atoms with Crippen LogP contribution in [0.25, 0.3) is 0 Å². The molecule has 6 nitrogen and oxygen atoms in total. The van der Waals surface area contributed by atoms with Crippen LogP contribution in [0.15, 0.2) is 0 Å². The van der Waals surface area contributed by atoms with Crippen LogP contribution < -0.4 is 0 Å². The van der Waals surface area contributed by atoms with Crippen molar-refractivity contribution in [2.75, 3.05) is 26.2 Å². The minimum Gasteiger partial charge on any atom is -0.465 e. The highest BCUT2D eigenvalue weighted by molar-refractivity contribution is 5.97. The molecule has 6 heteroatoms. The molecular weight excluding hydrogens is 248 g/mol. The first-order chi connectivity index (χ1) is 8.95. The van der Waals surface area contributed by atoms with Crippen molar-refractivity contribution in [3.05, 3.63) is 0 Å². The van der Waals surface area contributed by atoms with E-state index < -0.39 is 0 Å². The molecule has 19 heavy (non-hydrogen) atoms. The van der Waals surface area contributed by atoms with Gasteiger partial charge in [0.2, 0.25) is 11.8 Å². The lowest BCUT2D eigenvalue weighted by Crippen LogP contribution is -2.45. The maximum Gasteiger partial charge on any atom is 0.320 e. The quantitative estimate of drug-likeness (QED) is 0.654. The fourth-order valence-electron chi connectivity index (χ4n) is 1.96. The van der Waals surface area contributed by atoms with Gasteiger partial charge in [-0.3, -0.25) is 24.2 Å². The second kappa shape index (κ2) is 7.23.